The van der Waals surface area contributed by atoms with Crippen LogP contribution < -0.4 is 0 Å². The van der Waals surface area contributed by atoms with Gasteiger partial charge in [-0.25, -0.2) is 0 Å². The van der Waals surface area contributed by atoms with Crippen LogP contribution in [-0.4, -0.2) is 0 Å². The first-order chi connectivity index (χ1) is 7.59. The van der Waals surface area contributed by atoms with Gasteiger partial charge in [-0.1, -0.05) is 58.6 Å². The van der Waals surface area contributed by atoms with Crippen LogP contribution in [0.25, 0.3) is 0 Å². The maximum atomic E-state index is 4.20. The number of hydrogen-bond donors (Lipinski definition) is 0. The van der Waals surface area contributed by atoms with Gasteiger partial charge in [0.2, 0.25) is 0 Å². The summed E-state index contributed by atoms with van der Waals surface area (Å²) in [5.41, 5.74) is 1.54. The van der Waals surface area contributed by atoms with Crippen LogP contribution in [0.3, 0.4) is 0 Å². The van der Waals surface area contributed by atoms with Gasteiger partial charge in [0.05, 0.1) is 0 Å². The van der Waals surface area contributed by atoms with E-state index < -0.39 is 0 Å². The Balaban J connectivity index is 1.92. The molecule has 1 atom stereocenters. The Bertz CT molecular complexity index is 198. The molecule has 94 valence electrons. The summed E-state index contributed by atoms with van der Waals surface area (Å²) in [6, 6.07) is 0. The van der Waals surface area contributed by atoms with Gasteiger partial charge in [-0.2, -0.15) is 0 Å². The summed E-state index contributed by atoms with van der Waals surface area (Å²) in [5, 5.41) is 0. The molecule has 1 aliphatic carbocycles. The fourth-order valence-electron chi connectivity index (χ4n) is 2.39. The highest BCUT2D eigenvalue weighted by Gasteiger charge is 2.23. The lowest BCUT2D eigenvalue weighted by Gasteiger charge is -2.12. The topological polar surface area (TPSA) is 0 Å². The van der Waals surface area contributed by atoms with E-state index in [1.165, 1.54) is 56.9 Å². The van der Waals surface area contributed by atoms with Crippen molar-refractivity contribution >= 4 is 0 Å². The minimum atomic E-state index is 0.877. The molecule has 0 heteroatoms. The second-order valence-corrected chi connectivity index (χ2v) is 6.25. The number of allylic oxidation sites excluding steroid dienone is 1. The Morgan fingerprint density at radius 3 is 2.25 bits per heavy atom. The molecular formula is C16H30. The molecule has 1 unspecified atom stereocenters. The summed E-state index contributed by atoms with van der Waals surface area (Å²) in [7, 11) is 0. The monoisotopic (exact) mass is 222 g/mol. The molecular weight excluding hydrogens is 192 g/mol. The van der Waals surface area contributed by atoms with Crippen LogP contribution in [-0.2, 0) is 0 Å². The molecule has 0 radical (unpaired) electrons. The van der Waals surface area contributed by atoms with Crippen molar-refractivity contribution in [1.82, 2.24) is 0 Å². The SMILES string of the molecule is C=C(CCCC(C)CCCC(C)C)C1CC1. The highest BCUT2D eigenvalue weighted by Crippen LogP contribution is 2.37. The molecule has 0 N–H and O–H groups in total. The molecule has 1 rings (SSSR count). The van der Waals surface area contributed by atoms with Gasteiger partial charge in [0.25, 0.3) is 0 Å². The molecule has 1 fully saturated rings. The van der Waals surface area contributed by atoms with E-state index in [1.807, 2.05) is 0 Å². The van der Waals surface area contributed by atoms with Crippen LogP contribution in [0.5, 0.6) is 0 Å². The summed E-state index contributed by atoms with van der Waals surface area (Å²) < 4.78 is 0. The Kier molecular flexibility index (Phi) is 6.16. The molecule has 0 saturated heterocycles. The molecule has 16 heavy (non-hydrogen) atoms. The summed E-state index contributed by atoms with van der Waals surface area (Å²) >= 11 is 0. The van der Waals surface area contributed by atoms with Crippen molar-refractivity contribution in [3.63, 3.8) is 0 Å². The fourth-order valence-corrected chi connectivity index (χ4v) is 2.39. The van der Waals surface area contributed by atoms with E-state index in [0.29, 0.717) is 0 Å². The predicted molar refractivity (Wildman–Crippen MR) is 73.6 cm³/mol. The fraction of sp³-hybridized carbons (Fsp3) is 0.875. The Morgan fingerprint density at radius 2 is 1.69 bits per heavy atom. The predicted octanol–water partition coefficient (Wildman–Crippen LogP) is 5.59. The quantitative estimate of drug-likeness (QED) is 0.446. The van der Waals surface area contributed by atoms with Crippen LogP contribution in [0.1, 0.15) is 72.1 Å². The molecule has 0 bridgehead atoms. The second kappa shape index (κ2) is 7.14. The molecule has 0 aromatic carbocycles. The summed E-state index contributed by atoms with van der Waals surface area (Å²) in [6.07, 6.45) is 11.2. The highest BCUT2D eigenvalue weighted by molar-refractivity contribution is 5.07. The average molecular weight is 222 g/mol. The van der Waals surface area contributed by atoms with Crippen molar-refractivity contribution in [2.24, 2.45) is 17.8 Å². The van der Waals surface area contributed by atoms with Gasteiger partial charge in [0.1, 0.15) is 0 Å². The molecule has 0 spiro atoms. The third-order valence-electron chi connectivity index (χ3n) is 3.83. The number of hydrogen-bond acceptors (Lipinski definition) is 0. The van der Waals surface area contributed by atoms with Gasteiger partial charge >= 0.3 is 0 Å². The summed E-state index contributed by atoms with van der Waals surface area (Å²) in [4.78, 5) is 0. The van der Waals surface area contributed by atoms with E-state index in [0.717, 1.165) is 17.8 Å². The molecule has 0 aliphatic heterocycles. The molecule has 1 aliphatic rings. The van der Waals surface area contributed by atoms with E-state index in [-0.39, 0.29) is 0 Å². The minimum absolute atomic E-state index is 0.877. The molecule has 0 amide bonds. The minimum Gasteiger partial charge on any atom is -0.0996 e. The average Bonchev–Trinajstić information content (AvgIpc) is 2.99. The van der Waals surface area contributed by atoms with Gasteiger partial charge in [-0.05, 0) is 43.4 Å². The van der Waals surface area contributed by atoms with Crippen LogP contribution in [0.15, 0.2) is 12.2 Å². The molecule has 0 nitrogen and oxygen atoms in total. The highest BCUT2D eigenvalue weighted by atomic mass is 14.3. The standard InChI is InChI=1S/C16H30/c1-13(2)7-5-8-14(3)9-6-10-15(4)16-11-12-16/h13-14,16H,4-12H2,1-3H3. The first-order valence-electron chi connectivity index (χ1n) is 7.27. The van der Waals surface area contributed by atoms with Crippen molar-refractivity contribution in [3.8, 4) is 0 Å². The maximum Gasteiger partial charge on any atom is -0.0205 e. The van der Waals surface area contributed by atoms with Crippen molar-refractivity contribution < 1.29 is 0 Å². The van der Waals surface area contributed by atoms with E-state index in [1.54, 1.807) is 0 Å². The zero-order chi connectivity index (χ0) is 12.0. The number of rotatable bonds is 9. The van der Waals surface area contributed by atoms with Gasteiger partial charge in [0, 0.05) is 0 Å². The van der Waals surface area contributed by atoms with E-state index in [9.17, 15) is 0 Å². The summed E-state index contributed by atoms with van der Waals surface area (Å²) in [5.74, 6) is 2.71. The van der Waals surface area contributed by atoms with Crippen LogP contribution in [0.4, 0.5) is 0 Å². The summed E-state index contributed by atoms with van der Waals surface area (Å²) in [6.45, 7) is 11.3. The second-order valence-electron chi connectivity index (χ2n) is 6.25. The Hall–Kier alpha value is -0.260. The molecule has 0 aromatic rings. The van der Waals surface area contributed by atoms with Crippen molar-refractivity contribution in [3.05, 3.63) is 12.2 Å². The first kappa shape index (κ1) is 13.8. The normalized spacial score (nSPS) is 17.8. The van der Waals surface area contributed by atoms with Gasteiger partial charge in [-0.15, -0.1) is 0 Å². The lowest BCUT2D eigenvalue weighted by molar-refractivity contribution is 0.426. The smallest absolute Gasteiger partial charge is 0.0205 e. The largest absolute Gasteiger partial charge is 0.0996 e. The van der Waals surface area contributed by atoms with Crippen molar-refractivity contribution in [2.45, 2.75) is 72.1 Å². The maximum absolute atomic E-state index is 4.20. The van der Waals surface area contributed by atoms with Crippen molar-refractivity contribution in [2.75, 3.05) is 0 Å². The van der Waals surface area contributed by atoms with Gasteiger partial charge < -0.3 is 0 Å². The van der Waals surface area contributed by atoms with Gasteiger partial charge in [0.15, 0.2) is 0 Å². The lowest BCUT2D eigenvalue weighted by atomic mass is 9.94. The molecule has 1 saturated carbocycles. The van der Waals surface area contributed by atoms with Crippen LogP contribution in [0.2, 0.25) is 0 Å². The van der Waals surface area contributed by atoms with Crippen LogP contribution >= 0.6 is 0 Å². The zero-order valence-electron chi connectivity index (χ0n) is 11.6. The van der Waals surface area contributed by atoms with E-state index >= 15 is 0 Å². The third-order valence-corrected chi connectivity index (χ3v) is 3.83. The molecule has 0 heterocycles. The first-order valence-corrected chi connectivity index (χ1v) is 7.27. The van der Waals surface area contributed by atoms with Gasteiger partial charge in [-0.3, -0.25) is 0 Å². The lowest BCUT2D eigenvalue weighted by Crippen LogP contribution is -1.97. The molecule has 0 aromatic heterocycles. The third kappa shape index (κ3) is 6.35. The van der Waals surface area contributed by atoms with Crippen molar-refractivity contribution in [1.29, 1.82) is 0 Å². The zero-order valence-corrected chi connectivity index (χ0v) is 11.6. The van der Waals surface area contributed by atoms with E-state index in [2.05, 4.69) is 27.4 Å². The van der Waals surface area contributed by atoms with E-state index in [4.69, 9.17) is 0 Å². The Labute approximate surface area is 103 Å². The Morgan fingerprint density at radius 1 is 1.06 bits per heavy atom. The van der Waals surface area contributed by atoms with Crippen LogP contribution in [0, 0.1) is 17.8 Å².